The molecule has 0 spiro atoms. The van der Waals surface area contributed by atoms with Crippen LogP contribution in [0.2, 0.25) is 0 Å². The molecule has 0 amide bonds. The third kappa shape index (κ3) is 2.99. The Morgan fingerprint density at radius 2 is 2.00 bits per heavy atom. The summed E-state index contributed by atoms with van der Waals surface area (Å²) in [6, 6.07) is 5.82. The van der Waals surface area contributed by atoms with Gasteiger partial charge in [-0.2, -0.15) is 0 Å². The van der Waals surface area contributed by atoms with Gasteiger partial charge >= 0.3 is 0 Å². The van der Waals surface area contributed by atoms with Crippen molar-refractivity contribution in [3.63, 3.8) is 0 Å². The van der Waals surface area contributed by atoms with Crippen molar-refractivity contribution < 1.29 is 4.74 Å². The fraction of sp³-hybridized carbons (Fsp3) is 0.0667. The maximum atomic E-state index is 5.45. The van der Waals surface area contributed by atoms with Gasteiger partial charge in [-0.05, 0) is 36.3 Å². The van der Waals surface area contributed by atoms with E-state index in [1.54, 1.807) is 12.2 Å². The SMILES string of the molecule is C=CC(=C)Oc1ccc(/C=C\C)c(C=C)c1. The molecule has 0 bridgehead atoms. The number of allylic oxidation sites excluding steroid dienone is 2. The quantitative estimate of drug-likeness (QED) is 0.518. The van der Waals surface area contributed by atoms with Crippen LogP contribution in [0, 0.1) is 0 Å². The molecule has 0 aliphatic heterocycles. The predicted octanol–water partition coefficient (Wildman–Crippen LogP) is 4.44. The molecule has 1 aromatic carbocycles. The topological polar surface area (TPSA) is 9.23 Å². The van der Waals surface area contributed by atoms with Crippen molar-refractivity contribution in [3.05, 3.63) is 67.0 Å². The molecule has 0 aromatic heterocycles. The summed E-state index contributed by atoms with van der Waals surface area (Å²) in [4.78, 5) is 0. The smallest absolute Gasteiger partial charge is 0.128 e. The van der Waals surface area contributed by atoms with E-state index in [9.17, 15) is 0 Å². The van der Waals surface area contributed by atoms with Gasteiger partial charge in [0, 0.05) is 0 Å². The van der Waals surface area contributed by atoms with Gasteiger partial charge in [0.2, 0.25) is 0 Å². The first-order valence-electron chi connectivity index (χ1n) is 5.09. The van der Waals surface area contributed by atoms with Crippen molar-refractivity contribution in [1.29, 1.82) is 0 Å². The summed E-state index contributed by atoms with van der Waals surface area (Å²) >= 11 is 0. The zero-order valence-corrected chi connectivity index (χ0v) is 9.57. The lowest BCUT2D eigenvalue weighted by atomic mass is 10.1. The van der Waals surface area contributed by atoms with Crippen LogP contribution in [0.25, 0.3) is 12.2 Å². The molecule has 0 aliphatic rings. The fourth-order valence-electron chi connectivity index (χ4n) is 1.32. The molecule has 0 radical (unpaired) electrons. The lowest BCUT2D eigenvalue weighted by molar-refractivity contribution is 0.447. The Morgan fingerprint density at radius 3 is 2.56 bits per heavy atom. The third-order valence-corrected chi connectivity index (χ3v) is 2.10. The van der Waals surface area contributed by atoms with E-state index >= 15 is 0 Å². The van der Waals surface area contributed by atoms with E-state index in [-0.39, 0.29) is 0 Å². The summed E-state index contributed by atoms with van der Waals surface area (Å²) in [6.07, 6.45) is 7.40. The molecule has 0 fully saturated rings. The summed E-state index contributed by atoms with van der Waals surface area (Å²) in [6.45, 7) is 13.1. The molecular formula is C15H16O. The highest BCUT2D eigenvalue weighted by molar-refractivity contribution is 5.65. The molecular weight excluding hydrogens is 196 g/mol. The maximum Gasteiger partial charge on any atom is 0.128 e. The lowest BCUT2D eigenvalue weighted by Crippen LogP contribution is -1.91. The molecule has 1 nitrogen and oxygen atoms in total. The molecule has 0 atom stereocenters. The monoisotopic (exact) mass is 212 g/mol. The van der Waals surface area contributed by atoms with Crippen molar-refractivity contribution in [2.24, 2.45) is 0 Å². The zero-order chi connectivity index (χ0) is 12.0. The van der Waals surface area contributed by atoms with Crippen molar-refractivity contribution in [2.75, 3.05) is 0 Å². The van der Waals surface area contributed by atoms with Gasteiger partial charge in [-0.1, -0.05) is 44.0 Å². The fourth-order valence-corrected chi connectivity index (χ4v) is 1.32. The second kappa shape index (κ2) is 5.76. The van der Waals surface area contributed by atoms with Crippen LogP contribution in [-0.2, 0) is 0 Å². The van der Waals surface area contributed by atoms with E-state index in [2.05, 4.69) is 19.7 Å². The molecule has 82 valence electrons. The van der Waals surface area contributed by atoms with Gasteiger partial charge in [0.05, 0.1) is 0 Å². The van der Waals surface area contributed by atoms with E-state index in [0.717, 1.165) is 16.9 Å². The second-order valence-electron chi connectivity index (χ2n) is 3.27. The lowest BCUT2D eigenvalue weighted by Gasteiger charge is -2.07. The Bertz CT molecular complexity index is 439. The Labute approximate surface area is 97.1 Å². The van der Waals surface area contributed by atoms with Gasteiger partial charge in [0.1, 0.15) is 11.5 Å². The summed E-state index contributed by atoms with van der Waals surface area (Å²) in [5, 5.41) is 0. The first-order valence-corrected chi connectivity index (χ1v) is 5.09. The summed E-state index contributed by atoms with van der Waals surface area (Å²) in [5.74, 6) is 1.28. The van der Waals surface area contributed by atoms with Crippen LogP contribution in [0.5, 0.6) is 5.75 Å². The van der Waals surface area contributed by atoms with Crippen molar-refractivity contribution in [3.8, 4) is 5.75 Å². The first-order chi connectivity index (χ1) is 7.71. The number of rotatable bonds is 5. The molecule has 0 saturated carbocycles. The van der Waals surface area contributed by atoms with Crippen LogP contribution in [0.15, 0.2) is 55.8 Å². The minimum absolute atomic E-state index is 0.536. The van der Waals surface area contributed by atoms with E-state index in [0.29, 0.717) is 5.76 Å². The summed E-state index contributed by atoms with van der Waals surface area (Å²) in [5.41, 5.74) is 2.15. The Kier molecular flexibility index (Phi) is 4.34. The second-order valence-corrected chi connectivity index (χ2v) is 3.27. The molecule has 16 heavy (non-hydrogen) atoms. The summed E-state index contributed by atoms with van der Waals surface area (Å²) in [7, 11) is 0. The molecule has 1 heteroatoms. The highest BCUT2D eigenvalue weighted by Crippen LogP contribution is 2.21. The van der Waals surface area contributed by atoms with Gasteiger partial charge < -0.3 is 4.74 Å². The van der Waals surface area contributed by atoms with Gasteiger partial charge in [-0.3, -0.25) is 0 Å². The van der Waals surface area contributed by atoms with Crippen molar-refractivity contribution in [2.45, 2.75) is 6.92 Å². The summed E-state index contributed by atoms with van der Waals surface area (Å²) < 4.78 is 5.45. The molecule has 1 aromatic rings. The van der Waals surface area contributed by atoms with E-state index in [1.165, 1.54) is 0 Å². The van der Waals surface area contributed by atoms with E-state index < -0.39 is 0 Å². The van der Waals surface area contributed by atoms with Crippen LogP contribution < -0.4 is 4.74 Å². The first kappa shape index (κ1) is 12.1. The normalized spacial score (nSPS) is 10.1. The number of hydrogen-bond acceptors (Lipinski definition) is 1. The minimum atomic E-state index is 0.536. The average molecular weight is 212 g/mol. The van der Waals surface area contributed by atoms with Crippen LogP contribution in [-0.4, -0.2) is 0 Å². The molecule has 0 saturated heterocycles. The maximum absolute atomic E-state index is 5.45. The third-order valence-electron chi connectivity index (χ3n) is 2.10. The standard InChI is InChI=1S/C15H16O/c1-5-8-14-9-10-15(11-13(14)7-3)16-12(4)6-2/h5-11H,2-4H2,1H3/b8-5-. The average Bonchev–Trinajstić information content (AvgIpc) is 2.31. The number of benzene rings is 1. The Morgan fingerprint density at radius 1 is 1.25 bits per heavy atom. The van der Waals surface area contributed by atoms with Gasteiger partial charge in [0.15, 0.2) is 0 Å². The van der Waals surface area contributed by atoms with Crippen LogP contribution in [0.3, 0.4) is 0 Å². The van der Waals surface area contributed by atoms with Gasteiger partial charge in [-0.25, -0.2) is 0 Å². The number of ether oxygens (including phenoxy) is 1. The predicted molar refractivity (Wildman–Crippen MR) is 71.2 cm³/mol. The zero-order valence-electron chi connectivity index (χ0n) is 9.57. The Balaban J connectivity index is 3.03. The van der Waals surface area contributed by atoms with Crippen LogP contribution >= 0.6 is 0 Å². The highest BCUT2D eigenvalue weighted by Gasteiger charge is 2.00. The molecule has 0 aliphatic carbocycles. The van der Waals surface area contributed by atoms with E-state index in [1.807, 2.05) is 37.3 Å². The van der Waals surface area contributed by atoms with Crippen LogP contribution in [0.1, 0.15) is 18.1 Å². The van der Waals surface area contributed by atoms with Gasteiger partial charge in [0.25, 0.3) is 0 Å². The van der Waals surface area contributed by atoms with Crippen LogP contribution in [0.4, 0.5) is 0 Å². The molecule has 0 heterocycles. The Hall–Kier alpha value is -2.02. The molecule has 0 unspecified atom stereocenters. The van der Waals surface area contributed by atoms with Gasteiger partial charge in [-0.15, -0.1) is 0 Å². The highest BCUT2D eigenvalue weighted by atomic mass is 16.5. The van der Waals surface area contributed by atoms with Crippen molar-refractivity contribution >= 4 is 12.2 Å². The largest absolute Gasteiger partial charge is 0.458 e. The number of hydrogen-bond donors (Lipinski definition) is 0. The van der Waals surface area contributed by atoms with E-state index in [4.69, 9.17) is 4.74 Å². The van der Waals surface area contributed by atoms with Crippen molar-refractivity contribution in [1.82, 2.24) is 0 Å². The molecule has 1 rings (SSSR count). The molecule has 0 N–H and O–H groups in total. The minimum Gasteiger partial charge on any atom is -0.458 e.